The van der Waals surface area contributed by atoms with Crippen LogP contribution >= 0.6 is 0 Å². The van der Waals surface area contributed by atoms with E-state index in [1.54, 1.807) is 0 Å². The van der Waals surface area contributed by atoms with Gasteiger partial charge in [-0.2, -0.15) is 0 Å². The molecule has 0 radical (unpaired) electrons. The van der Waals surface area contributed by atoms with E-state index in [1.165, 1.54) is 180 Å². The first-order valence-electron chi connectivity index (χ1n) is 34.7. The van der Waals surface area contributed by atoms with E-state index in [4.69, 9.17) is 14.2 Å². The fourth-order valence-electron chi connectivity index (χ4n) is 9.88. The van der Waals surface area contributed by atoms with Gasteiger partial charge in [-0.15, -0.1) is 0 Å². The Morgan fingerprint density at radius 1 is 0.259 bits per heavy atom. The molecule has 1 atom stereocenters. The van der Waals surface area contributed by atoms with E-state index in [2.05, 4.69) is 118 Å². The highest BCUT2D eigenvalue weighted by atomic mass is 16.6. The molecule has 0 aliphatic rings. The average Bonchev–Trinajstić information content (AvgIpc) is 3.47. The van der Waals surface area contributed by atoms with Crippen LogP contribution in [-0.4, -0.2) is 37.2 Å². The van der Waals surface area contributed by atoms with Crippen molar-refractivity contribution in [2.24, 2.45) is 0 Å². The minimum absolute atomic E-state index is 0.0915. The molecule has 0 fully saturated rings. The first-order chi connectivity index (χ1) is 40.0. The third-order valence-corrected chi connectivity index (χ3v) is 15.1. The topological polar surface area (TPSA) is 78.9 Å². The van der Waals surface area contributed by atoms with Crippen LogP contribution in [0.5, 0.6) is 0 Å². The average molecular weight is 1130 g/mol. The number of allylic oxidation sites excluding steroid dienone is 16. The number of hydrogen-bond acceptors (Lipinski definition) is 6. The van der Waals surface area contributed by atoms with Crippen LogP contribution in [0.3, 0.4) is 0 Å². The monoisotopic (exact) mass is 1130 g/mol. The van der Waals surface area contributed by atoms with Gasteiger partial charge in [0.2, 0.25) is 0 Å². The Labute approximate surface area is 502 Å². The van der Waals surface area contributed by atoms with E-state index in [1.807, 2.05) is 0 Å². The van der Waals surface area contributed by atoms with Crippen molar-refractivity contribution in [3.63, 3.8) is 0 Å². The summed E-state index contributed by atoms with van der Waals surface area (Å²) in [4.78, 5) is 38.3. The fraction of sp³-hybridized carbons (Fsp3) is 0.747. The second kappa shape index (κ2) is 68.8. The molecule has 0 N–H and O–H groups in total. The van der Waals surface area contributed by atoms with Gasteiger partial charge in [0.05, 0.1) is 0 Å². The lowest BCUT2D eigenvalue weighted by molar-refractivity contribution is -0.167. The van der Waals surface area contributed by atoms with Gasteiger partial charge in [-0.1, -0.05) is 323 Å². The van der Waals surface area contributed by atoms with Crippen LogP contribution in [0.25, 0.3) is 0 Å². The summed E-state index contributed by atoms with van der Waals surface area (Å²) in [5.41, 5.74) is 0. The summed E-state index contributed by atoms with van der Waals surface area (Å²) in [6.45, 7) is 6.49. The summed E-state index contributed by atoms with van der Waals surface area (Å²) in [7, 11) is 0. The number of carbonyl (C=O) groups is 3. The van der Waals surface area contributed by atoms with Crippen LogP contribution in [0.15, 0.2) is 97.2 Å². The maximum absolute atomic E-state index is 12.9. The van der Waals surface area contributed by atoms with Crippen LogP contribution < -0.4 is 0 Å². The third-order valence-electron chi connectivity index (χ3n) is 15.1. The molecule has 0 aromatic carbocycles. The number of carbonyl (C=O) groups excluding carboxylic acids is 3. The highest BCUT2D eigenvalue weighted by Crippen LogP contribution is 2.18. The maximum atomic E-state index is 12.9. The minimum Gasteiger partial charge on any atom is -0.462 e. The number of rotatable bonds is 63. The molecule has 0 saturated heterocycles. The van der Waals surface area contributed by atoms with Crippen molar-refractivity contribution in [3.05, 3.63) is 97.2 Å². The lowest BCUT2D eigenvalue weighted by Crippen LogP contribution is -2.30. The molecule has 0 heterocycles. The Morgan fingerprint density at radius 2 is 0.494 bits per heavy atom. The number of hydrogen-bond donors (Lipinski definition) is 0. The summed E-state index contributed by atoms with van der Waals surface area (Å²) in [5.74, 6) is -0.922. The van der Waals surface area contributed by atoms with Gasteiger partial charge < -0.3 is 14.2 Å². The first kappa shape index (κ1) is 77.3. The van der Waals surface area contributed by atoms with E-state index in [0.717, 1.165) is 122 Å². The molecule has 6 heteroatoms. The summed E-state index contributed by atoms with van der Waals surface area (Å²) < 4.78 is 16.9. The normalized spacial score (nSPS) is 12.7. The maximum Gasteiger partial charge on any atom is 0.306 e. The summed E-state index contributed by atoms with van der Waals surface area (Å²) in [6, 6.07) is 0. The molecule has 6 nitrogen and oxygen atoms in total. The van der Waals surface area contributed by atoms with Crippen LogP contribution in [0.2, 0.25) is 0 Å². The second-order valence-electron chi connectivity index (χ2n) is 23.1. The Bertz CT molecular complexity index is 1580. The molecule has 0 aliphatic heterocycles. The minimum atomic E-state index is -0.800. The highest BCUT2D eigenvalue weighted by Gasteiger charge is 2.19. The molecular formula is C75H130O6. The zero-order valence-corrected chi connectivity index (χ0v) is 53.5. The summed E-state index contributed by atoms with van der Waals surface area (Å²) in [6.07, 6.45) is 93.0. The SMILES string of the molecule is CC/C=C\C/C=C\C/C=C\C/C=C\C/C=C\C/C=C\C/C=C\CCCCCC(=O)OC(COC(=O)CCCCCCC/C=C\CCCC)COC(=O)CCCCCCCCCCCCCCCCCCCCCCCCCCCCC. The van der Waals surface area contributed by atoms with Crippen molar-refractivity contribution >= 4 is 17.9 Å². The van der Waals surface area contributed by atoms with Crippen LogP contribution in [0.1, 0.15) is 342 Å². The zero-order valence-electron chi connectivity index (χ0n) is 53.5. The molecule has 0 aromatic rings. The molecule has 1 unspecified atom stereocenters. The standard InChI is InChI=1S/C75H130O6/c1-4-7-10-13-16-19-22-24-26-28-30-32-34-36-37-39-40-42-44-46-48-50-53-56-59-62-65-68-74(77)80-71-72(70-79-73(76)67-64-61-58-55-52-21-18-15-12-9-6-3)81-75(78)69-66-63-60-57-54-51-49-47-45-43-41-38-35-33-31-29-27-25-23-20-17-14-11-8-5-2/h8,11,15,17-18,20,25,27,31,33,38,41,45,47,51,54,72H,4-7,9-10,12-14,16,19,21-24,26,28-30,32,34-37,39-40,42-44,46,48-50,52-53,55-71H2,1-3H3/b11-8-,18-15-,20-17-,27-25-,33-31-,41-38-,47-45-,54-51-. The van der Waals surface area contributed by atoms with Crippen molar-refractivity contribution in [2.45, 2.75) is 348 Å². The van der Waals surface area contributed by atoms with Crippen LogP contribution in [0.4, 0.5) is 0 Å². The number of unbranched alkanes of at least 4 members (excludes halogenated alkanes) is 36. The molecule has 0 saturated carbocycles. The van der Waals surface area contributed by atoms with Gasteiger partial charge in [0.1, 0.15) is 13.2 Å². The van der Waals surface area contributed by atoms with E-state index >= 15 is 0 Å². The Morgan fingerprint density at radius 3 is 0.815 bits per heavy atom. The highest BCUT2D eigenvalue weighted by molar-refractivity contribution is 5.71. The molecule has 0 aliphatic carbocycles. The van der Waals surface area contributed by atoms with E-state index in [0.29, 0.717) is 12.8 Å². The van der Waals surface area contributed by atoms with Gasteiger partial charge in [-0.05, 0) is 96.3 Å². The lowest BCUT2D eigenvalue weighted by atomic mass is 10.0. The van der Waals surface area contributed by atoms with Gasteiger partial charge in [-0.25, -0.2) is 0 Å². The van der Waals surface area contributed by atoms with Crippen molar-refractivity contribution in [1.82, 2.24) is 0 Å². The van der Waals surface area contributed by atoms with Crippen molar-refractivity contribution in [2.75, 3.05) is 13.2 Å². The Kier molecular flexibility index (Phi) is 65.7. The quantitative estimate of drug-likeness (QED) is 0.0261. The van der Waals surface area contributed by atoms with Crippen LogP contribution in [-0.2, 0) is 28.6 Å². The molecule has 0 spiro atoms. The molecular weight excluding hydrogens is 997 g/mol. The second-order valence-corrected chi connectivity index (χ2v) is 23.1. The Hall–Kier alpha value is -3.67. The Balaban J connectivity index is 4.28. The van der Waals surface area contributed by atoms with Gasteiger partial charge in [-0.3, -0.25) is 14.4 Å². The predicted octanol–water partition coefficient (Wildman–Crippen LogP) is 24.0. The number of ether oxygens (including phenoxy) is 3. The van der Waals surface area contributed by atoms with Gasteiger partial charge in [0, 0.05) is 19.3 Å². The van der Waals surface area contributed by atoms with Gasteiger partial charge in [0.25, 0.3) is 0 Å². The molecule has 0 aromatic heterocycles. The molecule has 0 rings (SSSR count). The predicted molar refractivity (Wildman–Crippen MR) is 353 cm³/mol. The van der Waals surface area contributed by atoms with E-state index < -0.39 is 6.10 Å². The van der Waals surface area contributed by atoms with Crippen molar-refractivity contribution < 1.29 is 28.6 Å². The molecule has 466 valence electrons. The zero-order chi connectivity index (χ0) is 58.5. The van der Waals surface area contributed by atoms with Crippen LogP contribution in [0, 0.1) is 0 Å². The molecule has 81 heavy (non-hydrogen) atoms. The lowest BCUT2D eigenvalue weighted by Gasteiger charge is -2.18. The molecule has 0 bridgehead atoms. The fourth-order valence-corrected chi connectivity index (χ4v) is 9.88. The summed E-state index contributed by atoms with van der Waals surface area (Å²) >= 11 is 0. The van der Waals surface area contributed by atoms with Crippen molar-refractivity contribution in [3.8, 4) is 0 Å². The van der Waals surface area contributed by atoms with Gasteiger partial charge >= 0.3 is 17.9 Å². The largest absolute Gasteiger partial charge is 0.462 e. The van der Waals surface area contributed by atoms with E-state index in [9.17, 15) is 14.4 Å². The summed E-state index contributed by atoms with van der Waals surface area (Å²) in [5, 5.41) is 0. The van der Waals surface area contributed by atoms with E-state index in [-0.39, 0.29) is 37.5 Å². The first-order valence-corrected chi connectivity index (χ1v) is 34.7. The van der Waals surface area contributed by atoms with Crippen molar-refractivity contribution in [1.29, 1.82) is 0 Å². The smallest absolute Gasteiger partial charge is 0.306 e. The van der Waals surface area contributed by atoms with Gasteiger partial charge in [0.15, 0.2) is 6.10 Å². The molecule has 0 amide bonds. The number of esters is 3. The third kappa shape index (κ3) is 67.0.